The van der Waals surface area contributed by atoms with E-state index in [0.29, 0.717) is 24.8 Å². The summed E-state index contributed by atoms with van der Waals surface area (Å²) in [6.45, 7) is -0.0700. The lowest BCUT2D eigenvalue weighted by Crippen LogP contribution is -2.75. The fraction of sp³-hybridized carbons (Fsp3) is 0.900. The Bertz CT molecular complexity index is 299. The number of thioether (sulfide) groups is 1. The van der Waals surface area contributed by atoms with Gasteiger partial charge in [-0.1, -0.05) is 0 Å². The number of cyclic esters (lactones) is 1. The quantitative estimate of drug-likeness (QED) is 0.433. The minimum absolute atomic E-state index is 0.0700. The van der Waals surface area contributed by atoms with Gasteiger partial charge in [-0.25, -0.2) is 0 Å². The van der Waals surface area contributed by atoms with Crippen molar-refractivity contribution in [2.24, 2.45) is 5.73 Å². The summed E-state index contributed by atoms with van der Waals surface area (Å²) in [6.07, 6.45) is 3.18. The Kier molecular flexibility index (Phi) is 6.43. The SMILES string of the molecule is CO[Si]1(CCCCl)OCOC(=O)C1(N)CCSC. The average molecular weight is 314 g/mol. The summed E-state index contributed by atoms with van der Waals surface area (Å²) in [6, 6.07) is 0.604. The zero-order chi connectivity index (χ0) is 13.6. The number of carbonyl (C=O) groups is 1. The van der Waals surface area contributed by atoms with E-state index >= 15 is 0 Å². The summed E-state index contributed by atoms with van der Waals surface area (Å²) >= 11 is 7.35. The molecule has 1 aliphatic rings. The van der Waals surface area contributed by atoms with Gasteiger partial charge in [0.2, 0.25) is 0 Å². The maximum Gasteiger partial charge on any atom is 0.372 e. The van der Waals surface area contributed by atoms with E-state index in [1.54, 1.807) is 18.9 Å². The van der Waals surface area contributed by atoms with Crippen LogP contribution in [-0.4, -0.2) is 51.5 Å². The van der Waals surface area contributed by atoms with Gasteiger partial charge in [-0.05, 0) is 30.9 Å². The number of rotatable bonds is 7. The van der Waals surface area contributed by atoms with Gasteiger partial charge in [-0.2, -0.15) is 11.8 Å². The highest BCUT2D eigenvalue weighted by Crippen LogP contribution is 2.34. The Morgan fingerprint density at radius 3 is 2.94 bits per heavy atom. The molecule has 18 heavy (non-hydrogen) atoms. The summed E-state index contributed by atoms with van der Waals surface area (Å²) in [5.74, 6) is 0.842. The van der Waals surface area contributed by atoms with Crippen molar-refractivity contribution in [3.63, 3.8) is 0 Å². The van der Waals surface area contributed by atoms with Crippen LogP contribution in [0.3, 0.4) is 0 Å². The predicted octanol–water partition coefficient (Wildman–Crippen LogP) is 1.22. The highest BCUT2D eigenvalue weighted by molar-refractivity contribution is 7.98. The van der Waals surface area contributed by atoms with E-state index in [1.807, 2.05) is 6.26 Å². The van der Waals surface area contributed by atoms with E-state index in [-0.39, 0.29) is 6.79 Å². The lowest BCUT2D eigenvalue weighted by Gasteiger charge is -2.45. The van der Waals surface area contributed by atoms with Gasteiger partial charge in [0.1, 0.15) is 0 Å². The van der Waals surface area contributed by atoms with Crippen molar-refractivity contribution < 1.29 is 18.4 Å². The van der Waals surface area contributed by atoms with E-state index in [0.717, 1.165) is 5.75 Å². The monoisotopic (exact) mass is 313 g/mol. The molecule has 8 heteroatoms. The molecule has 0 spiro atoms. The molecule has 0 aromatic carbocycles. The number of halogens is 1. The molecule has 0 radical (unpaired) electrons. The first-order valence-corrected chi connectivity index (χ1v) is 9.71. The Morgan fingerprint density at radius 1 is 1.67 bits per heavy atom. The van der Waals surface area contributed by atoms with Gasteiger partial charge in [0.05, 0.1) is 0 Å². The lowest BCUT2D eigenvalue weighted by atomic mass is 10.2. The molecule has 1 fully saturated rings. The molecular weight excluding hydrogens is 294 g/mol. The van der Waals surface area contributed by atoms with Gasteiger partial charge in [0.15, 0.2) is 12.0 Å². The van der Waals surface area contributed by atoms with Crippen LogP contribution in [0.15, 0.2) is 0 Å². The van der Waals surface area contributed by atoms with Crippen molar-refractivity contribution >= 4 is 37.9 Å². The van der Waals surface area contributed by atoms with Crippen molar-refractivity contribution in [1.29, 1.82) is 0 Å². The standard InChI is InChI=1S/C10H20ClNO4SSi/c1-14-18(7-3-5-11)10(12,4-6-17-2)9(13)15-8-16-18/h3-8,12H2,1-2H3. The van der Waals surface area contributed by atoms with Crippen molar-refractivity contribution in [1.82, 2.24) is 0 Å². The number of ether oxygens (including phenoxy) is 1. The topological polar surface area (TPSA) is 70.8 Å². The zero-order valence-corrected chi connectivity index (χ0v) is 13.3. The van der Waals surface area contributed by atoms with Crippen LogP contribution in [0.2, 0.25) is 6.04 Å². The van der Waals surface area contributed by atoms with Crippen molar-refractivity contribution in [3.8, 4) is 0 Å². The van der Waals surface area contributed by atoms with E-state index in [9.17, 15) is 4.79 Å². The minimum Gasteiger partial charge on any atom is -0.438 e. The predicted molar refractivity (Wildman–Crippen MR) is 74.9 cm³/mol. The molecule has 2 N–H and O–H groups in total. The largest absolute Gasteiger partial charge is 0.438 e. The normalized spacial score (nSPS) is 32.3. The van der Waals surface area contributed by atoms with E-state index in [4.69, 9.17) is 30.9 Å². The molecule has 1 aliphatic heterocycles. The molecule has 0 amide bonds. The average Bonchev–Trinajstić information content (AvgIpc) is 2.38. The number of nitrogens with two attached hydrogens (primary N) is 1. The minimum atomic E-state index is -2.83. The summed E-state index contributed by atoms with van der Waals surface area (Å²) in [5, 5.41) is -1.14. The molecule has 5 nitrogen and oxygen atoms in total. The number of carbonyl (C=O) groups excluding carboxylic acids is 1. The molecular formula is C10H20ClNO4SSi. The Morgan fingerprint density at radius 2 is 2.39 bits per heavy atom. The van der Waals surface area contributed by atoms with Crippen LogP contribution in [-0.2, 0) is 18.4 Å². The van der Waals surface area contributed by atoms with Gasteiger partial charge < -0.3 is 19.3 Å². The molecule has 1 heterocycles. The van der Waals surface area contributed by atoms with E-state index in [2.05, 4.69) is 0 Å². The van der Waals surface area contributed by atoms with Crippen LogP contribution < -0.4 is 5.73 Å². The third-order valence-corrected chi connectivity index (χ3v) is 8.14. The van der Waals surface area contributed by atoms with Crippen molar-refractivity contribution in [2.75, 3.05) is 31.8 Å². The molecule has 2 atom stereocenters. The van der Waals surface area contributed by atoms with Gasteiger partial charge in [-0.15, -0.1) is 11.6 Å². The fourth-order valence-electron chi connectivity index (χ4n) is 2.08. The smallest absolute Gasteiger partial charge is 0.372 e. The molecule has 0 aliphatic carbocycles. The second kappa shape index (κ2) is 7.11. The first-order valence-electron chi connectivity index (χ1n) is 5.76. The molecule has 1 rings (SSSR count). The molecule has 1 saturated heterocycles. The van der Waals surface area contributed by atoms with Crippen LogP contribution in [0.1, 0.15) is 12.8 Å². The number of alkyl halides is 1. The molecule has 0 bridgehead atoms. The summed E-state index contributed by atoms with van der Waals surface area (Å²) in [7, 11) is -1.27. The molecule has 0 aromatic heterocycles. The van der Waals surface area contributed by atoms with Crippen LogP contribution >= 0.6 is 23.4 Å². The van der Waals surface area contributed by atoms with Gasteiger partial charge in [-0.3, -0.25) is 4.79 Å². The highest BCUT2D eigenvalue weighted by atomic mass is 35.5. The van der Waals surface area contributed by atoms with Crippen LogP contribution in [0.5, 0.6) is 0 Å². The van der Waals surface area contributed by atoms with Crippen molar-refractivity contribution in [3.05, 3.63) is 0 Å². The molecule has 0 saturated carbocycles. The Hall–Kier alpha value is 0.207. The number of hydrogen-bond acceptors (Lipinski definition) is 6. The maximum atomic E-state index is 12.0. The van der Waals surface area contributed by atoms with E-state index < -0.39 is 19.7 Å². The summed E-state index contributed by atoms with van der Waals surface area (Å²) < 4.78 is 16.2. The number of hydrogen-bond donors (Lipinski definition) is 1. The van der Waals surface area contributed by atoms with E-state index in [1.165, 1.54) is 0 Å². The Labute approximate surface area is 118 Å². The first-order chi connectivity index (χ1) is 8.56. The first kappa shape index (κ1) is 16.3. The molecule has 0 aromatic rings. The third kappa shape index (κ3) is 3.02. The third-order valence-electron chi connectivity index (χ3n) is 3.20. The van der Waals surface area contributed by atoms with Gasteiger partial charge in [0.25, 0.3) is 0 Å². The molecule has 106 valence electrons. The zero-order valence-electron chi connectivity index (χ0n) is 10.7. The number of esters is 1. The highest BCUT2D eigenvalue weighted by Gasteiger charge is 2.62. The maximum absolute atomic E-state index is 12.0. The second-order valence-corrected chi connectivity index (χ2v) is 9.12. The lowest BCUT2D eigenvalue weighted by molar-refractivity contribution is -0.164. The van der Waals surface area contributed by atoms with Crippen LogP contribution in [0.4, 0.5) is 0 Å². The van der Waals surface area contributed by atoms with Crippen molar-refractivity contribution in [2.45, 2.75) is 24.0 Å². The van der Waals surface area contributed by atoms with Crippen LogP contribution in [0, 0.1) is 0 Å². The van der Waals surface area contributed by atoms with Gasteiger partial charge in [0, 0.05) is 13.0 Å². The fourth-order valence-corrected chi connectivity index (χ4v) is 6.46. The van der Waals surface area contributed by atoms with Crippen LogP contribution in [0.25, 0.3) is 0 Å². The summed E-state index contributed by atoms with van der Waals surface area (Å²) in [5.41, 5.74) is 6.30. The summed E-state index contributed by atoms with van der Waals surface area (Å²) in [4.78, 5) is 12.0. The van der Waals surface area contributed by atoms with Gasteiger partial charge >= 0.3 is 14.5 Å². The molecule has 2 unspecified atom stereocenters. The Balaban J connectivity index is 2.96. The second-order valence-electron chi connectivity index (χ2n) is 4.16.